The van der Waals surface area contributed by atoms with Crippen LogP contribution in [-0.2, 0) is 22.6 Å². The maximum Gasteiger partial charge on any atom is 0.250 e. The lowest BCUT2D eigenvalue weighted by atomic mass is 9.95. The summed E-state index contributed by atoms with van der Waals surface area (Å²) in [6.07, 6.45) is 8.90. The Bertz CT molecular complexity index is 1280. The number of hydrogen-bond donors (Lipinski definition) is 2. The van der Waals surface area contributed by atoms with Gasteiger partial charge in [-0.15, -0.1) is 0 Å². The quantitative estimate of drug-likeness (QED) is 0.357. The van der Waals surface area contributed by atoms with Gasteiger partial charge in [0.2, 0.25) is 5.91 Å². The molecule has 3 heterocycles. The highest BCUT2D eigenvalue weighted by Gasteiger charge is 2.35. The van der Waals surface area contributed by atoms with Crippen LogP contribution in [0.1, 0.15) is 61.0 Å². The maximum atomic E-state index is 13.8. The Hall–Kier alpha value is -3.74. The number of aromatic amines is 1. The van der Waals surface area contributed by atoms with Crippen molar-refractivity contribution in [3.05, 3.63) is 83.8 Å². The van der Waals surface area contributed by atoms with Gasteiger partial charge in [0.1, 0.15) is 17.3 Å². The number of fused-ring (bicyclic) bond motifs is 1. The van der Waals surface area contributed by atoms with Crippen molar-refractivity contribution >= 4 is 22.7 Å². The third kappa shape index (κ3) is 5.19. The highest BCUT2D eigenvalue weighted by Crippen LogP contribution is 2.29. The monoisotopic (exact) mass is 473 g/mol. The molecule has 1 atom stereocenters. The zero-order valence-corrected chi connectivity index (χ0v) is 20.0. The van der Waals surface area contributed by atoms with Gasteiger partial charge in [0.15, 0.2) is 6.04 Å². The second-order valence-corrected chi connectivity index (χ2v) is 9.33. The molecule has 1 aliphatic rings. The van der Waals surface area contributed by atoms with Gasteiger partial charge in [-0.3, -0.25) is 9.59 Å². The number of amides is 2. The molecule has 2 N–H and O–H groups in total. The Morgan fingerprint density at radius 3 is 2.66 bits per heavy atom. The third-order valence-corrected chi connectivity index (χ3v) is 6.79. The number of nitrogens with zero attached hydrogens (tertiary/aromatic N) is 1. The fourth-order valence-electron chi connectivity index (χ4n) is 4.99. The molecule has 0 unspecified atom stereocenters. The van der Waals surface area contributed by atoms with Crippen LogP contribution < -0.4 is 5.32 Å². The van der Waals surface area contributed by atoms with Crippen LogP contribution in [0, 0.1) is 6.92 Å². The van der Waals surface area contributed by atoms with Crippen LogP contribution in [0.15, 0.2) is 69.8 Å². The molecule has 1 saturated carbocycles. The van der Waals surface area contributed by atoms with Gasteiger partial charge >= 0.3 is 0 Å². The van der Waals surface area contributed by atoms with Crippen molar-refractivity contribution in [3.63, 3.8) is 0 Å². The van der Waals surface area contributed by atoms with E-state index in [0.29, 0.717) is 17.3 Å². The van der Waals surface area contributed by atoms with E-state index in [2.05, 4.69) is 10.3 Å². The van der Waals surface area contributed by atoms with Crippen LogP contribution in [0.2, 0.25) is 0 Å². The van der Waals surface area contributed by atoms with Gasteiger partial charge in [0.05, 0.1) is 19.2 Å². The van der Waals surface area contributed by atoms with Crippen LogP contribution >= 0.6 is 0 Å². The molecular weight excluding hydrogens is 442 g/mol. The van der Waals surface area contributed by atoms with Crippen molar-refractivity contribution in [2.45, 2.75) is 64.1 Å². The Balaban J connectivity index is 1.48. The predicted molar refractivity (Wildman–Crippen MR) is 132 cm³/mol. The van der Waals surface area contributed by atoms with E-state index >= 15 is 0 Å². The number of hydrogen-bond acceptors (Lipinski definition) is 4. The number of para-hydroxylation sites is 1. The third-order valence-electron chi connectivity index (χ3n) is 6.79. The summed E-state index contributed by atoms with van der Waals surface area (Å²) in [6.45, 7) is 2.00. The lowest BCUT2D eigenvalue weighted by Crippen LogP contribution is -2.47. The Morgan fingerprint density at radius 2 is 1.91 bits per heavy atom. The molecule has 1 aliphatic carbocycles. The lowest BCUT2D eigenvalue weighted by molar-refractivity contribution is -0.142. The molecule has 0 saturated heterocycles. The number of H-pyrrole nitrogens is 1. The minimum absolute atomic E-state index is 0.115. The molecule has 0 spiro atoms. The highest BCUT2D eigenvalue weighted by atomic mass is 16.3. The molecule has 3 aromatic heterocycles. The summed E-state index contributed by atoms with van der Waals surface area (Å²) in [5.41, 5.74) is 1.86. The molecule has 2 amide bonds. The topological polar surface area (TPSA) is 91.5 Å². The predicted octanol–water partition coefficient (Wildman–Crippen LogP) is 5.42. The van der Waals surface area contributed by atoms with Crippen LogP contribution in [0.25, 0.3) is 10.9 Å². The molecule has 0 bridgehead atoms. The molecule has 35 heavy (non-hydrogen) atoms. The van der Waals surface area contributed by atoms with E-state index in [1.54, 1.807) is 23.3 Å². The van der Waals surface area contributed by atoms with Gasteiger partial charge in [0, 0.05) is 23.1 Å². The normalized spacial score (nSPS) is 15.2. The summed E-state index contributed by atoms with van der Waals surface area (Å²) in [7, 11) is 0. The molecule has 7 nitrogen and oxygen atoms in total. The van der Waals surface area contributed by atoms with E-state index in [9.17, 15) is 9.59 Å². The second-order valence-electron chi connectivity index (χ2n) is 9.33. The van der Waals surface area contributed by atoms with Crippen molar-refractivity contribution < 1.29 is 18.4 Å². The van der Waals surface area contributed by atoms with Gasteiger partial charge in [-0.05, 0) is 55.7 Å². The summed E-state index contributed by atoms with van der Waals surface area (Å²) >= 11 is 0. The van der Waals surface area contributed by atoms with Crippen molar-refractivity contribution in [3.8, 4) is 0 Å². The summed E-state index contributed by atoms with van der Waals surface area (Å²) in [6, 6.07) is 14.3. The van der Waals surface area contributed by atoms with E-state index in [1.807, 2.05) is 49.5 Å². The number of aryl methyl sites for hydroxylation is 1. The number of aromatic nitrogens is 1. The Kier molecular flexibility index (Phi) is 6.75. The van der Waals surface area contributed by atoms with Crippen molar-refractivity contribution in [1.29, 1.82) is 0 Å². The molecule has 5 rings (SSSR count). The van der Waals surface area contributed by atoms with Crippen molar-refractivity contribution in [2.24, 2.45) is 0 Å². The van der Waals surface area contributed by atoms with Crippen LogP contribution in [0.5, 0.6) is 0 Å². The average molecular weight is 474 g/mol. The average Bonchev–Trinajstić information content (AvgIpc) is 3.62. The zero-order chi connectivity index (χ0) is 24.2. The lowest BCUT2D eigenvalue weighted by Gasteiger charge is -2.31. The van der Waals surface area contributed by atoms with E-state index < -0.39 is 6.04 Å². The number of furan rings is 2. The molecule has 1 aromatic carbocycles. The smallest absolute Gasteiger partial charge is 0.250 e. The molecule has 1 fully saturated rings. The fraction of sp³-hybridized carbons (Fsp3) is 0.357. The van der Waals surface area contributed by atoms with Gasteiger partial charge in [-0.2, -0.15) is 0 Å². The number of rotatable bonds is 8. The molecular formula is C28H31N3O4. The standard InChI is InChI=1S/C28H31N3O4/c1-19-13-14-25(35-19)27(28(33)30-21-8-3-2-4-9-21)31(18-22-10-7-15-34-22)26(32)16-20-17-29-24-12-6-5-11-23(20)24/h5-7,10-15,17,21,27,29H,2-4,8-9,16,18H2,1H3,(H,30,33)/t27-/m1/s1. The number of carbonyl (C=O) groups excluding carboxylic acids is 2. The number of nitrogens with one attached hydrogen (secondary N) is 2. The molecule has 0 aliphatic heterocycles. The first-order valence-corrected chi connectivity index (χ1v) is 12.3. The maximum absolute atomic E-state index is 13.8. The first kappa shape index (κ1) is 23.0. The van der Waals surface area contributed by atoms with Gasteiger partial charge in [0.25, 0.3) is 5.91 Å². The van der Waals surface area contributed by atoms with Crippen LogP contribution in [0.3, 0.4) is 0 Å². The summed E-state index contributed by atoms with van der Waals surface area (Å²) in [4.78, 5) is 32.4. The molecule has 4 aromatic rings. The van der Waals surface area contributed by atoms with Crippen LogP contribution in [0.4, 0.5) is 0 Å². The van der Waals surface area contributed by atoms with E-state index in [0.717, 1.165) is 42.1 Å². The molecule has 7 heteroatoms. The second kappa shape index (κ2) is 10.3. The first-order valence-electron chi connectivity index (χ1n) is 12.3. The Labute approximate surface area is 204 Å². The van der Waals surface area contributed by atoms with Gasteiger partial charge in [-0.1, -0.05) is 37.5 Å². The summed E-state index contributed by atoms with van der Waals surface area (Å²) in [5.74, 6) is 1.36. The number of carbonyl (C=O) groups is 2. The van der Waals surface area contributed by atoms with Gasteiger partial charge < -0.3 is 24.0 Å². The SMILES string of the molecule is Cc1ccc([C@H](C(=O)NC2CCCCC2)N(Cc2ccco2)C(=O)Cc2c[nH]c3ccccc23)o1. The van der Waals surface area contributed by atoms with E-state index in [-0.39, 0.29) is 30.8 Å². The van der Waals surface area contributed by atoms with Crippen molar-refractivity contribution in [2.75, 3.05) is 0 Å². The van der Waals surface area contributed by atoms with Crippen LogP contribution in [-0.4, -0.2) is 27.7 Å². The summed E-state index contributed by atoms with van der Waals surface area (Å²) < 4.78 is 11.5. The van der Waals surface area contributed by atoms with E-state index in [4.69, 9.17) is 8.83 Å². The first-order chi connectivity index (χ1) is 17.1. The highest BCUT2D eigenvalue weighted by molar-refractivity contribution is 5.92. The van der Waals surface area contributed by atoms with Gasteiger partial charge in [-0.25, -0.2) is 0 Å². The minimum atomic E-state index is -0.895. The summed E-state index contributed by atoms with van der Waals surface area (Å²) in [5, 5.41) is 4.20. The molecule has 0 radical (unpaired) electrons. The fourth-order valence-corrected chi connectivity index (χ4v) is 4.99. The number of benzene rings is 1. The Morgan fingerprint density at radius 1 is 1.09 bits per heavy atom. The minimum Gasteiger partial charge on any atom is -0.467 e. The largest absolute Gasteiger partial charge is 0.467 e. The zero-order valence-electron chi connectivity index (χ0n) is 20.0. The molecule has 182 valence electrons. The van der Waals surface area contributed by atoms with E-state index in [1.165, 1.54) is 6.42 Å². The van der Waals surface area contributed by atoms with Crippen molar-refractivity contribution in [1.82, 2.24) is 15.2 Å².